The molecule has 0 spiro atoms. The topological polar surface area (TPSA) is 252 Å². The van der Waals surface area contributed by atoms with Crippen LogP contribution in [-0.2, 0) is 66.9 Å². The van der Waals surface area contributed by atoms with Gasteiger partial charge in [-0.3, -0.25) is 14.7 Å². The Bertz CT molecular complexity index is 4090. The normalized spacial score (nSPS) is 17.7. The van der Waals surface area contributed by atoms with Crippen LogP contribution in [-0.4, -0.2) is 79.2 Å². The summed E-state index contributed by atoms with van der Waals surface area (Å²) in [5, 5.41) is 48.1. The van der Waals surface area contributed by atoms with E-state index in [1.807, 2.05) is 90.1 Å². The second-order valence-electron chi connectivity index (χ2n) is 21.9. The number of carboxylic acid groups (broad SMARTS) is 3. The van der Waals surface area contributed by atoms with Gasteiger partial charge in [0.1, 0.15) is 10.1 Å². The molecule has 0 saturated heterocycles. The first-order valence-electron chi connectivity index (χ1n) is 26.0. The van der Waals surface area contributed by atoms with Crippen molar-refractivity contribution in [3.05, 3.63) is 226 Å². The molecule has 0 unspecified atom stereocenters. The summed E-state index contributed by atoms with van der Waals surface area (Å²) in [5.41, 5.74) is 14.7. The van der Waals surface area contributed by atoms with Gasteiger partial charge in [-0.2, -0.15) is 8.91 Å². The van der Waals surface area contributed by atoms with Crippen molar-refractivity contribution in [1.82, 2.24) is 5.32 Å². The molecular formula is C64H59N5O13S2. The van der Waals surface area contributed by atoms with Gasteiger partial charge in [-0.05, 0) is 124 Å². The number of amides is 1. The summed E-state index contributed by atoms with van der Waals surface area (Å²) >= 11 is 0.702. The van der Waals surface area contributed by atoms with Gasteiger partial charge < -0.3 is 35.3 Å². The molecule has 4 N–H and O–H groups in total. The van der Waals surface area contributed by atoms with Gasteiger partial charge in [0, 0.05) is 69.1 Å². The number of hydrogen-bond donors (Lipinski definition) is 4. The van der Waals surface area contributed by atoms with E-state index in [1.165, 1.54) is 17.0 Å². The van der Waals surface area contributed by atoms with Crippen LogP contribution in [0.2, 0.25) is 0 Å². The molecule has 8 rings (SSSR count). The average molecular weight is 1170 g/mol. The van der Waals surface area contributed by atoms with Crippen LogP contribution >= 0.6 is 12.0 Å². The molecule has 430 valence electrons. The Hall–Kier alpha value is -9.12. The van der Waals surface area contributed by atoms with Crippen LogP contribution in [0.3, 0.4) is 0 Å². The predicted octanol–water partition coefficient (Wildman–Crippen LogP) is 9.34. The van der Waals surface area contributed by atoms with Gasteiger partial charge in [-0.15, -0.1) is 4.58 Å². The zero-order valence-electron chi connectivity index (χ0n) is 47.2. The van der Waals surface area contributed by atoms with Crippen LogP contribution in [0.25, 0.3) is 0 Å². The van der Waals surface area contributed by atoms with E-state index in [-0.39, 0.29) is 30.2 Å². The maximum atomic E-state index is 14.6. The number of benzene rings is 4. The molecule has 0 saturated carbocycles. The summed E-state index contributed by atoms with van der Waals surface area (Å²) in [5.74, 6) is -4.19. The first-order chi connectivity index (χ1) is 39.6. The Kier molecular flexibility index (Phi) is 16.9. The van der Waals surface area contributed by atoms with Gasteiger partial charge in [-0.1, -0.05) is 94.3 Å². The standard InChI is InChI=1S/C64H59N5O13S2/c1-12-21-52(60(75)76)69-49-23-19-18-22-42(49)61(4,5)56(69)27-20-26-53-62(6,7)43-34-39(28-31-48(43)66(53)38-57(70)71)37-65-58(72)46(13-2)67-50-32-29-40(83-82-81-77)35-44(50)63(8,9)54(67)24-16-15-17-25-55-64(10,11)45-36-41(84(78,79)80)30-33-51(45)68(55)47(14-3)59(73)74/h15-20,22-36H,1-3,37-38H2,4-11H3,(H4-2,65,70,71,72,73,74,75,76,77,78,79,80). The summed E-state index contributed by atoms with van der Waals surface area (Å²) in [6.07, 6.45) is 13.9. The molecule has 0 aromatic heterocycles. The third-order valence-corrected chi connectivity index (χ3v) is 16.8. The van der Waals surface area contributed by atoms with Crippen molar-refractivity contribution in [3.63, 3.8) is 0 Å². The number of fused-ring (bicyclic) bond motifs is 4. The van der Waals surface area contributed by atoms with Gasteiger partial charge >= 0.3 is 29.5 Å². The summed E-state index contributed by atoms with van der Waals surface area (Å²) in [7, 11) is -4.85. The highest BCUT2D eigenvalue weighted by Crippen LogP contribution is 2.52. The summed E-state index contributed by atoms with van der Waals surface area (Å²) in [6, 6.07) is 22.0. The molecule has 0 atom stereocenters. The monoisotopic (exact) mass is 1170 g/mol. The molecule has 1 amide bonds. The minimum Gasteiger partial charge on any atom is -0.744 e. The summed E-state index contributed by atoms with van der Waals surface area (Å²) in [4.78, 5) is 55.2. The number of hydrogen-bond acceptors (Lipinski definition) is 13. The van der Waals surface area contributed by atoms with Crippen molar-refractivity contribution < 1.29 is 71.2 Å². The van der Waals surface area contributed by atoms with Gasteiger partial charge in [0.05, 0.1) is 39.1 Å². The maximum absolute atomic E-state index is 14.6. The number of carboxylic acids is 3. The SMILES string of the molecule is C=C=C=C(C(=O)O)N1/C(=C/C=C/C2=[N+](CC(=O)O)c3ccc(CNC(=O)C(=C=C)[N+]4=C(/C=C/C=C/C=C5/N(C(=C=C)C(=O)O)c6ccc(S(=O)(=O)[O-])cc6C5(C)C)C(C)(C)c5cc(SOO[O-])ccc54)cc3C2(C)C)C(C)(C)c2ccccc21. The summed E-state index contributed by atoms with van der Waals surface area (Å²) in [6.45, 7) is 26.0. The van der Waals surface area contributed by atoms with Crippen molar-refractivity contribution in [2.24, 2.45) is 0 Å². The second-order valence-corrected chi connectivity index (χ2v) is 24.0. The van der Waals surface area contributed by atoms with E-state index >= 15 is 0 Å². The quantitative estimate of drug-likeness (QED) is 0.00997. The minimum atomic E-state index is -4.85. The minimum absolute atomic E-state index is 0.0261. The van der Waals surface area contributed by atoms with E-state index in [1.54, 1.807) is 88.6 Å². The predicted molar refractivity (Wildman–Crippen MR) is 313 cm³/mol. The smallest absolute Gasteiger partial charge is 0.370 e. The number of anilines is 2. The summed E-state index contributed by atoms with van der Waals surface area (Å²) < 4.78 is 44.2. The lowest BCUT2D eigenvalue weighted by Gasteiger charge is -2.26. The van der Waals surface area contributed by atoms with Crippen molar-refractivity contribution in [2.75, 3.05) is 16.3 Å². The zero-order valence-corrected chi connectivity index (χ0v) is 48.8. The van der Waals surface area contributed by atoms with Crippen LogP contribution in [0.4, 0.5) is 22.7 Å². The number of aliphatic carboxylic acids is 3. The number of carbonyl (C=O) groups excluding carboxylic acids is 1. The molecule has 4 aliphatic rings. The van der Waals surface area contributed by atoms with Crippen LogP contribution in [0, 0.1) is 0 Å². The maximum Gasteiger partial charge on any atom is 0.370 e. The van der Waals surface area contributed by atoms with E-state index in [9.17, 15) is 52.7 Å². The van der Waals surface area contributed by atoms with Crippen molar-refractivity contribution in [3.8, 4) is 0 Å². The van der Waals surface area contributed by atoms with Gasteiger partial charge in [0.25, 0.3) is 0 Å². The van der Waals surface area contributed by atoms with Crippen LogP contribution < -0.4 is 20.4 Å². The molecule has 4 aliphatic heterocycles. The zero-order chi connectivity index (χ0) is 61.4. The largest absolute Gasteiger partial charge is 0.744 e. The molecule has 0 radical (unpaired) electrons. The number of rotatable bonds is 19. The Morgan fingerprint density at radius 2 is 1.30 bits per heavy atom. The molecular weight excluding hydrogens is 1110 g/mol. The van der Waals surface area contributed by atoms with Crippen molar-refractivity contribution >= 4 is 80.1 Å². The van der Waals surface area contributed by atoms with E-state index in [0.717, 1.165) is 22.8 Å². The highest BCUT2D eigenvalue weighted by molar-refractivity contribution is 7.94. The molecule has 0 aliphatic carbocycles. The highest BCUT2D eigenvalue weighted by atomic mass is 32.2. The van der Waals surface area contributed by atoms with Crippen LogP contribution in [0.5, 0.6) is 0 Å². The third-order valence-electron chi connectivity index (χ3n) is 15.4. The fourth-order valence-electron chi connectivity index (χ4n) is 11.4. The van der Waals surface area contributed by atoms with Gasteiger partial charge in [-0.25, -0.2) is 22.8 Å². The van der Waals surface area contributed by atoms with E-state index in [2.05, 4.69) is 57.4 Å². The lowest BCUT2D eigenvalue weighted by Crippen LogP contribution is -2.32. The number of nitrogens with zero attached hydrogens (tertiary/aromatic N) is 4. The fraction of sp³-hybridized carbons (Fsp3) is 0.219. The van der Waals surface area contributed by atoms with E-state index in [4.69, 9.17) is 0 Å². The van der Waals surface area contributed by atoms with Crippen molar-refractivity contribution in [2.45, 2.75) is 93.4 Å². The van der Waals surface area contributed by atoms with Crippen LogP contribution in [0.15, 0.2) is 208 Å². The Morgan fingerprint density at radius 1 is 0.690 bits per heavy atom. The molecule has 4 heterocycles. The molecule has 4 aromatic carbocycles. The fourth-order valence-corrected chi connectivity index (χ4v) is 12.3. The molecule has 84 heavy (non-hydrogen) atoms. The number of para-hydroxylation sites is 1. The third kappa shape index (κ3) is 11.0. The average Bonchev–Trinajstić information content (AvgIpc) is 1.87. The number of carbonyl (C=O) groups is 4. The van der Waals surface area contributed by atoms with Crippen molar-refractivity contribution in [1.29, 1.82) is 0 Å². The molecule has 0 fully saturated rings. The molecule has 0 bridgehead atoms. The van der Waals surface area contributed by atoms with E-state index in [0.29, 0.717) is 73.6 Å². The number of nitrogens with one attached hydrogen (secondary N) is 1. The molecule has 18 nitrogen and oxygen atoms in total. The van der Waals surface area contributed by atoms with E-state index < -0.39 is 60.5 Å². The second kappa shape index (κ2) is 23.3. The lowest BCUT2D eigenvalue weighted by molar-refractivity contribution is -0.777. The van der Waals surface area contributed by atoms with Gasteiger partial charge in [0.2, 0.25) is 17.9 Å². The molecule has 4 aromatic rings. The highest BCUT2D eigenvalue weighted by Gasteiger charge is 2.49. The Balaban J connectivity index is 1.11. The van der Waals surface area contributed by atoms with Crippen LogP contribution in [0.1, 0.15) is 83.2 Å². The lowest BCUT2D eigenvalue weighted by atomic mass is 9.80. The Morgan fingerprint density at radius 3 is 1.93 bits per heavy atom. The molecule has 20 heteroatoms. The number of allylic oxidation sites excluding steroid dienone is 10. The first-order valence-corrected chi connectivity index (χ1v) is 28.1. The Labute approximate surface area is 490 Å². The van der Waals surface area contributed by atoms with Gasteiger partial charge in [0.15, 0.2) is 22.8 Å². The first kappa shape index (κ1) is 61.0.